The summed E-state index contributed by atoms with van der Waals surface area (Å²) in [4.78, 5) is 2.39. The summed E-state index contributed by atoms with van der Waals surface area (Å²) in [6.07, 6.45) is 3.52. The molecular weight excluding hydrogens is 194 g/mol. The van der Waals surface area contributed by atoms with E-state index in [4.69, 9.17) is 0 Å². The molecule has 0 saturated carbocycles. The fraction of sp³-hybridized carbons (Fsp3) is 0.467. The van der Waals surface area contributed by atoms with Crippen molar-refractivity contribution in [2.45, 2.75) is 26.2 Å². The van der Waals surface area contributed by atoms with Crippen LogP contribution in [-0.4, -0.2) is 25.0 Å². The predicted molar refractivity (Wildman–Crippen MR) is 71.7 cm³/mol. The van der Waals surface area contributed by atoms with E-state index in [9.17, 15) is 0 Å². The van der Waals surface area contributed by atoms with Crippen molar-refractivity contribution in [1.29, 1.82) is 0 Å². The van der Waals surface area contributed by atoms with Gasteiger partial charge in [-0.15, -0.1) is 6.58 Å². The second-order valence-corrected chi connectivity index (χ2v) is 4.60. The summed E-state index contributed by atoms with van der Waals surface area (Å²) < 4.78 is 0. The highest BCUT2D eigenvalue weighted by Crippen LogP contribution is 2.04. The number of rotatable bonds is 7. The monoisotopic (exact) mass is 217 g/mol. The van der Waals surface area contributed by atoms with Gasteiger partial charge in [0, 0.05) is 6.54 Å². The quantitative estimate of drug-likeness (QED) is 0.632. The zero-order valence-electron chi connectivity index (χ0n) is 10.6. The largest absolute Gasteiger partial charge is 0.306 e. The summed E-state index contributed by atoms with van der Waals surface area (Å²) in [5.41, 5.74) is 2.71. The van der Waals surface area contributed by atoms with Gasteiger partial charge in [0.1, 0.15) is 0 Å². The second-order valence-electron chi connectivity index (χ2n) is 4.60. The molecule has 0 heterocycles. The number of hydrogen-bond acceptors (Lipinski definition) is 1. The molecule has 0 aromatic heterocycles. The smallest absolute Gasteiger partial charge is 0.00153 e. The maximum absolute atomic E-state index is 3.93. The minimum Gasteiger partial charge on any atom is -0.306 e. The second kappa shape index (κ2) is 7.24. The van der Waals surface area contributed by atoms with Crippen molar-refractivity contribution >= 4 is 0 Å². The first-order valence-corrected chi connectivity index (χ1v) is 6.05. The van der Waals surface area contributed by atoms with Crippen molar-refractivity contribution in [2.24, 2.45) is 0 Å². The molecule has 0 aliphatic heterocycles. The van der Waals surface area contributed by atoms with Crippen molar-refractivity contribution in [3.8, 4) is 0 Å². The van der Waals surface area contributed by atoms with Gasteiger partial charge in [0.05, 0.1) is 0 Å². The molecule has 1 heteroatoms. The van der Waals surface area contributed by atoms with Gasteiger partial charge in [-0.05, 0) is 45.3 Å². The Labute approximate surface area is 99.8 Å². The van der Waals surface area contributed by atoms with Gasteiger partial charge in [-0.1, -0.05) is 35.9 Å². The van der Waals surface area contributed by atoms with Crippen LogP contribution in [0.5, 0.6) is 0 Å². The molecule has 1 aromatic carbocycles. The van der Waals surface area contributed by atoms with Crippen LogP contribution in [0.25, 0.3) is 0 Å². The summed E-state index contributed by atoms with van der Waals surface area (Å²) >= 11 is 0. The first-order valence-electron chi connectivity index (χ1n) is 6.05. The molecule has 1 rings (SSSR count). The fourth-order valence-electron chi connectivity index (χ4n) is 1.69. The summed E-state index contributed by atoms with van der Waals surface area (Å²) in [6, 6.07) is 10.7. The number of nitrogens with zero attached hydrogens (tertiary/aromatic N) is 1. The van der Waals surface area contributed by atoms with Crippen molar-refractivity contribution in [2.75, 3.05) is 20.1 Å². The topological polar surface area (TPSA) is 3.24 Å². The van der Waals surface area contributed by atoms with Gasteiger partial charge >= 0.3 is 0 Å². The molecule has 0 unspecified atom stereocenters. The van der Waals surface area contributed by atoms with Crippen LogP contribution >= 0.6 is 0 Å². The standard InChI is InChI=1S/C15H23N/c1-14(2)11-13-16(3)12-7-10-15-8-5-4-6-9-15/h4-6,8-9H,1,7,10-13H2,2-3H3. The molecule has 0 radical (unpaired) electrons. The minimum absolute atomic E-state index is 1.11. The highest BCUT2D eigenvalue weighted by molar-refractivity contribution is 5.14. The van der Waals surface area contributed by atoms with Crippen LogP contribution in [0.3, 0.4) is 0 Å². The van der Waals surface area contributed by atoms with Crippen LogP contribution in [0.1, 0.15) is 25.3 Å². The van der Waals surface area contributed by atoms with Crippen molar-refractivity contribution in [1.82, 2.24) is 4.90 Å². The third-order valence-corrected chi connectivity index (χ3v) is 2.77. The Morgan fingerprint density at radius 3 is 2.50 bits per heavy atom. The van der Waals surface area contributed by atoms with Crippen molar-refractivity contribution in [3.05, 3.63) is 48.0 Å². The van der Waals surface area contributed by atoms with Gasteiger partial charge in [0.15, 0.2) is 0 Å². The van der Waals surface area contributed by atoms with Crippen molar-refractivity contribution in [3.63, 3.8) is 0 Å². The van der Waals surface area contributed by atoms with Gasteiger partial charge in [-0.25, -0.2) is 0 Å². The molecule has 0 saturated heterocycles. The molecule has 0 aliphatic rings. The third-order valence-electron chi connectivity index (χ3n) is 2.77. The van der Waals surface area contributed by atoms with E-state index >= 15 is 0 Å². The normalized spacial score (nSPS) is 10.7. The Bertz CT molecular complexity index is 302. The van der Waals surface area contributed by atoms with Crippen LogP contribution < -0.4 is 0 Å². The number of hydrogen-bond donors (Lipinski definition) is 0. The van der Waals surface area contributed by atoms with E-state index in [1.807, 2.05) is 0 Å². The van der Waals surface area contributed by atoms with Crippen LogP contribution in [0, 0.1) is 0 Å². The molecule has 0 aliphatic carbocycles. The summed E-state index contributed by atoms with van der Waals surface area (Å²) in [6.45, 7) is 8.32. The summed E-state index contributed by atoms with van der Waals surface area (Å²) in [5.74, 6) is 0. The molecular formula is C15H23N. The first kappa shape index (κ1) is 13.0. The van der Waals surface area contributed by atoms with Gasteiger partial charge in [0.2, 0.25) is 0 Å². The van der Waals surface area contributed by atoms with Crippen LogP contribution in [0.4, 0.5) is 0 Å². The first-order chi connectivity index (χ1) is 7.68. The summed E-state index contributed by atoms with van der Waals surface area (Å²) in [5, 5.41) is 0. The molecule has 0 bridgehead atoms. The predicted octanol–water partition coefficient (Wildman–Crippen LogP) is 3.52. The Hall–Kier alpha value is -1.08. The molecule has 88 valence electrons. The lowest BCUT2D eigenvalue weighted by atomic mass is 10.1. The molecule has 1 nitrogen and oxygen atoms in total. The Balaban J connectivity index is 2.13. The molecule has 0 atom stereocenters. The number of aryl methyl sites for hydroxylation is 1. The van der Waals surface area contributed by atoms with Crippen LogP contribution in [-0.2, 0) is 6.42 Å². The third kappa shape index (κ3) is 5.72. The van der Waals surface area contributed by atoms with E-state index in [0.29, 0.717) is 0 Å². The van der Waals surface area contributed by atoms with E-state index in [1.54, 1.807) is 0 Å². The lowest BCUT2D eigenvalue weighted by Gasteiger charge is -2.16. The fourth-order valence-corrected chi connectivity index (χ4v) is 1.69. The molecule has 0 amide bonds. The molecule has 0 fully saturated rings. The zero-order chi connectivity index (χ0) is 11.8. The van der Waals surface area contributed by atoms with Gasteiger partial charge < -0.3 is 4.90 Å². The SMILES string of the molecule is C=C(C)CCN(C)CCCc1ccccc1. The molecule has 1 aromatic rings. The molecule has 0 N–H and O–H groups in total. The highest BCUT2D eigenvalue weighted by Gasteiger charge is 1.98. The van der Waals surface area contributed by atoms with Gasteiger partial charge in [-0.3, -0.25) is 0 Å². The van der Waals surface area contributed by atoms with Gasteiger partial charge in [-0.2, -0.15) is 0 Å². The zero-order valence-corrected chi connectivity index (χ0v) is 10.6. The Kier molecular flexibility index (Phi) is 5.87. The van der Waals surface area contributed by atoms with Gasteiger partial charge in [0.25, 0.3) is 0 Å². The Morgan fingerprint density at radius 1 is 1.19 bits per heavy atom. The maximum Gasteiger partial charge on any atom is 0.00153 e. The van der Waals surface area contributed by atoms with E-state index in [2.05, 4.69) is 55.8 Å². The minimum atomic E-state index is 1.11. The lowest BCUT2D eigenvalue weighted by Crippen LogP contribution is -2.21. The van der Waals surface area contributed by atoms with E-state index in [1.165, 1.54) is 30.5 Å². The number of benzene rings is 1. The van der Waals surface area contributed by atoms with E-state index in [0.717, 1.165) is 13.0 Å². The average Bonchev–Trinajstić information content (AvgIpc) is 2.28. The average molecular weight is 217 g/mol. The summed E-state index contributed by atoms with van der Waals surface area (Å²) in [7, 11) is 2.19. The van der Waals surface area contributed by atoms with Crippen LogP contribution in [0.15, 0.2) is 42.5 Å². The van der Waals surface area contributed by atoms with E-state index in [-0.39, 0.29) is 0 Å². The highest BCUT2D eigenvalue weighted by atomic mass is 15.1. The molecule has 16 heavy (non-hydrogen) atoms. The Morgan fingerprint density at radius 2 is 1.88 bits per heavy atom. The van der Waals surface area contributed by atoms with Crippen LogP contribution in [0.2, 0.25) is 0 Å². The van der Waals surface area contributed by atoms with E-state index < -0.39 is 0 Å². The lowest BCUT2D eigenvalue weighted by molar-refractivity contribution is 0.333. The van der Waals surface area contributed by atoms with Crippen molar-refractivity contribution < 1.29 is 0 Å². The molecule has 0 spiro atoms. The maximum atomic E-state index is 3.93.